The second-order valence-electron chi connectivity index (χ2n) is 4.30. The molecule has 0 spiro atoms. The number of rotatable bonds is 3. The third kappa shape index (κ3) is 1.93. The molecular formula is C16H12O2. The number of carbonyl (C=O) groups excluding carboxylic acids is 1. The molecule has 0 aliphatic carbocycles. The van der Waals surface area contributed by atoms with Crippen LogP contribution < -0.4 is 0 Å². The third-order valence-corrected chi connectivity index (χ3v) is 3.05. The average molecular weight is 236 g/mol. The second kappa shape index (κ2) is 4.49. The van der Waals surface area contributed by atoms with E-state index in [9.17, 15) is 4.79 Å². The van der Waals surface area contributed by atoms with Gasteiger partial charge >= 0.3 is 0 Å². The van der Waals surface area contributed by atoms with Crippen molar-refractivity contribution in [1.29, 1.82) is 0 Å². The van der Waals surface area contributed by atoms with Gasteiger partial charge in [0.2, 0.25) is 0 Å². The Morgan fingerprint density at radius 1 is 1.06 bits per heavy atom. The maximum absolute atomic E-state index is 10.7. The van der Waals surface area contributed by atoms with Gasteiger partial charge in [0.25, 0.3) is 0 Å². The number of carbonyl (C=O) groups is 1. The van der Waals surface area contributed by atoms with Gasteiger partial charge in [-0.2, -0.15) is 0 Å². The fourth-order valence-electron chi connectivity index (χ4n) is 2.13. The lowest BCUT2D eigenvalue weighted by Crippen LogP contribution is -1.86. The topological polar surface area (TPSA) is 30.2 Å². The van der Waals surface area contributed by atoms with E-state index in [0.717, 1.165) is 29.2 Å². The van der Waals surface area contributed by atoms with E-state index in [2.05, 4.69) is 12.1 Å². The van der Waals surface area contributed by atoms with Crippen LogP contribution in [-0.4, -0.2) is 6.29 Å². The molecule has 0 aliphatic rings. The number of furan rings is 1. The zero-order chi connectivity index (χ0) is 12.4. The normalized spacial score (nSPS) is 10.7. The maximum Gasteiger partial charge on any atom is 0.150 e. The highest BCUT2D eigenvalue weighted by Gasteiger charge is 2.07. The number of benzene rings is 2. The predicted octanol–water partition coefficient (Wildman–Crippen LogP) is 3.84. The fraction of sp³-hybridized carbons (Fsp3) is 0.0625. The molecule has 0 radical (unpaired) electrons. The van der Waals surface area contributed by atoms with Crippen LogP contribution in [0.1, 0.15) is 21.5 Å². The Morgan fingerprint density at radius 2 is 1.89 bits per heavy atom. The Kier molecular flexibility index (Phi) is 2.69. The lowest BCUT2D eigenvalue weighted by molar-refractivity contribution is 0.112. The van der Waals surface area contributed by atoms with Crippen LogP contribution in [0.25, 0.3) is 11.0 Å². The molecule has 0 N–H and O–H groups in total. The molecule has 0 amide bonds. The summed E-state index contributed by atoms with van der Waals surface area (Å²) in [4.78, 5) is 10.7. The van der Waals surface area contributed by atoms with E-state index >= 15 is 0 Å². The average Bonchev–Trinajstić information content (AvgIpc) is 2.82. The second-order valence-corrected chi connectivity index (χ2v) is 4.30. The molecule has 0 aliphatic heterocycles. The Bertz CT molecular complexity index is 681. The smallest absolute Gasteiger partial charge is 0.150 e. The van der Waals surface area contributed by atoms with Gasteiger partial charge in [0.05, 0.1) is 6.26 Å². The van der Waals surface area contributed by atoms with Crippen LogP contribution in [0.15, 0.2) is 59.2 Å². The van der Waals surface area contributed by atoms with Gasteiger partial charge in [-0.3, -0.25) is 4.79 Å². The number of aldehydes is 1. The van der Waals surface area contributed by atoms with Crippen LogP contribution in [-0.2, 0) is 6.42 Å². The molecule has 1 aromatic heterocycles. The molecule has 0 atom stereocenters. The van der Waals surface area contributed by atoms with E-state index in [1.165, 1.54) is 5.56 Å². The number of fused-ring (bicyclic) bond motifs is 1. The molecule has 3 aromatic rings. The van der Waals surface area contributed by atoms with Gasteiger partial charge in [0.15, 0.2) is 0 Å². The van der Waals surface area contributed by atoms with Gasteiger partial charge in [-0.05, 0) is 11.6 Å². The molecule has 0 saturated carbocycles. The summed E-state index contributed by atoms with van der Waals surface area (Å²) in [5, 5.41) is 1.07. The zero-order valence-corrected chi connectivity index (χ0v) is 9.80. The molecule has 0 unspecified atom stereocenters. The quantitative estimate of drug-likeness (QED) is 0.647. The summed E-state index contributed by atoms with van der Waals surface area (Å²) in [6.07, 6.45) is 3.44. The largest absolute Gasteiger partial charge is 0.464 e. The first-order chi connectivity index (χ1) is 8.86. The first kappa shape index (κ1) is 10.8. The molecule has 2 heteroatoms. The van der Waals surface area contributed by atoms with Crippen LogP contribution in [0.2, 0.25) is 0 Å². The monoisotopic (exact) mass is 236 g/mol. The first-order valence-electron chi connectivity index (χ1n) is 5.86. The summed E-state index contributed by atoms with van der Waals surface area (Å²) in [5.41, 5.74) is 3.81. The van der Waals surface area contributed by atoms with Crippen LogP contribution >= 0.6 is 0 Å². The highest BCUT2D eigenvalue weighted by molar-refractivity contribution is 5.87. The van der Waals surface area contributed by atoms with Crippen molar-refractivity contribution in [3.8, 4) is 0 Å². The van der Waals surface area contributed by atoms with Crippen LogP contribution in [0.3, 0.4) is 0 Å². The van der Waals surface area contributed by atoms with E-state index in [-0.39, 0.29) is 0 Å². The highest BCUT2D eigenvalue weighted by atomic mass is 16.3. The van der Waals surface area contributed by atoms with E-state index in [4.69, 9.17) is 4.42 Å². The molecule has 3 rings (SSSR count). The van der Waals surface area contributed by atoms with E-state index < -0.39 is 0 Å². The summed E-state index contributed by atoms with van der Waals surface area (Å²) in [6, 6.07) is 15.8. The van der Waals surface area contributed by atoms with E-state index in [1.54, 1.807) is 12.3 Å². The zero-order valence-electron chi connectivity index (χ0n) is 9.80. The van der Waals surface area contributed by atoms with Crippen molar-refractivity contribution in [2.45, 2.75) is 6.42 Å². The summed E-state index contributed by atoms with van der Waals surface area (Å²) in [5.74, 6) is 0. The molecule has 0 fully saturated rings. The molecule has 0 bridgehead atoms. The Morgan fingerprint density at radius 3 is 2.67 bits per heavy atom. The summed E-state index contributed by atoms with van der Waals surface area (Å²) >= 11 is 0. The fourth-order valence-corrected chi connectivity index (χ4v) is 2.13. The van der Waals surface area contributed by atoms with Gasteiger partial charge < -0.3 is 4.42 Å². The minimum atomic E-state index is 0.642. The van der Waals surface area contributed by atoms with Crippen LogP contribution in [0.4, 0.5) is 0 Å². The van der Waals surface area contributed by atoms with Crippen LogP contribution in [0, 0.1) is 0 Å². The molecular weight excluding hydrogens is 224 g/mol. The SMILES string of the molecule is O=Cc1ccc2c(Cc3ccccc3)coc2c1. The van der Waals surface area contributed by atoms with Crippen molar-refractivity contribution in [3.63, 3.8) is 0 Å². The van der Waals surface area contributed by atoms with E-state index in [0.29, 0.717) is 5.56 Å². The molecule has 18 heavy (non-hydrogen) atoms. The van der Waals surface area contributed by atoms with Crippen molar-refractivity contribution in [3.05, 3.63) is 71.5 Å². The summed E-state index contributed by atoms with van der Waals surface area (Å²) in [6.45, 7) is 0. The number of hydrogen-bond donors (Lipinski definition) is 0. The van der Waals surface area contributed by atoms with Crippen molar-refractivity contribution in [2.75, 3.05) is 0 Å². The third-order valence-electron chi connectivity index (χ3n) is 3.05. The molecule has 2 aromatic carbocycles. The molecule has 0 saturated heterocycles. The Hall–Kier alpha value is -2.35. The lowest BCUT2D eigenvalue weighted by Gasteiger charge is -1.99. The van der Waals surface area contributed by atoms with E-state index in [1.807, 2.05) is 30.3 Å². The van der Waals surface area contributed by atoms with Crippen molar-refractivity contribution in [2.24, 2.45) is 0 Å². The minimum Gasteiger partial charge on any atom is -0.464 e. The van der Waals surface area contributed by atoms with Crippen molar-refractivity contribution in [1.82, 2.24) is 0 Å². The highest BCUT2D eigenvalue weighted by Crippen LogP contribution is 2.24. The van der Waals surface area contributed by atoms with Crippen molar-refractivity contribution >= 4 is 17.3 Å². The maximum atomic E-state index is 10.7. The Labute approximate surface area is 105 Å². The first-order valence-corrected chi connectivity index (χ1v) is 5.86. The lowest BCUT2D eigenvalue weighted by atomic mass is 10.0. The molecule has 88 valence electrons. The van der Waals surface area contributed by atoms with Gasteiger partial charge in [0.1, 0.15) is 11.9 Å². The van der Waals surface area contributed by atoms with Gasteiger partial charge in [-0.25, -0.2) is 0 Å². The summed E-state index contributed by atoms with van der Waals surface area (Å²) < 4.78 is 5.50. The van der Waals surface area contributed by atoms with Gasteiger partial charge in [0, 0.05) is 22.9 Å². The minimum absolute atomic E-state index is 0.642. The summed E-state index contributed by atoms with van der Waals surface area (Å²) in [7, 11) is 0. The van der Waals surface area contributed by atoms with Crippen LogP contribution in [0.5, 0.6) is 0 Å². The standard InChI is InChI=1S/C16H12O2/c17-10-13-6-7-15-14(11-18-16(15)9-13)8-12-4-2-1-3-5-12/h1-7,9-11H,8H2. The molecule has 1 heterocycles. The molecule has 2 nitrogen and oxygen atoms in total. The number of hydrogen-bond acceptors (Lipinski definition) is 2. The predicted molar refractivity (Wildman–Crippen MR) is 70.8 cm³/mol. The van der Waals surface area contributed by atoms with Crippen molar-refractivity contribution < 1.29 is 9.21 Å². The Balaban J connectivity index is 2.00. The van der Waals surface area contributed by atoms with Gasteiger partial charge in [-0.1, -0.05) is 42.5 Å². The van der Waals surface area contributed by atoms with Gasteiger partial charge in [-0.15, -0.1) is 0 Å².